The highest BCUT2D eigenvalue weighted by Crippen LogP contribution is 2.24. The molecule has 0 atom stereocenters. The Morgan fingerprint density at radius 2 is 1.80 bits per heavy atom. The molecule has 0 aliphatic carbocycles. The van der Waals surface area contributed by atoms with Crippen molar-refractivity contribution >= 4 is 34.5 Å². The minimum Gasteiger partial charge on any atom is -0.461 e. The number of fused-ring (bicyclic) bond motifs is 2. The lowest BCUT2D eigenvalue weighted by molar-refractivity contribution is 0.0521. The van der Waals surface area contributed by atoms with Gasteiger partial charge in [0.2, 0.25) is 0 Å². The number of ether oxygens (including phenoxy) is 1. The topological polar surface area (TPSA) is 140 Å². The predicted octanol–water partition coefficient (Wildman–Crippen LogP) is 2.81. The first-order chi connectivity index (χ1) is 16.9. The molecule has 4 aromatic rings. The number of aromatic amines is 3. The predicted molar refractivity (Wildman–Crippen MR) is 129 cm³/mol. The van der Waals surface area contributed by atoms with Crippen LogP contribution in [0.1, 0.15) is 49.3 Å². The van der Waals surface area contributed by atoms with Crippen LogP contribution in [0.25, 0.3) is 11.0 Å². The molecule has 1 aliphatic rings. The SMILES string of the molecule is CCOC(=O)c1[nH]ccc1NC(=O)c1ccc2c(c1)CN(C(=O)c1ccc3[nH]c(=O)[nH]c3c1)CC2. The average Bonchev–Trinajstić information content (AvgIpc) is 3.47. The van der Waals surface area contributed by atoms with Gasteiger partial charge in [0, 0.05) is 30.4 Å². The largest absolute Gasteiger partial charge is 0.461 e. The minimum absolute atomic E-state index is 0.152. The summed E-state index contributed by atoms with van der Waals surface area (Å²) >= 11 is 0. The van der Waals surface area contributed by atoms with Crippen molar-refractivity contribution in [1.82, 2.24) is 19.9 Å². The van der Waals surface area contributed by atoms with Gasteiger partial charge in [-0.25, -0.2) is 9.59 Å². The highest BCUT2D eigenvalue weighted by molar-refractivity contribution is 6.07. The van der Waals surface area contributed by atoms with Crippen molar-refractivity contribution in [2.24, 2.45) is 0 Å². The quantitative estimate of drug-likeness (QED) is 0.330. The van der Waals surface area contributed by atoms with E-state index >= 15 is 0 Å². The number of rotatable bonds is 5. The lowest BCUT2D eigenvalue weighted by Gasteiger charge is -2.29. The summed E-state index contributed by atoms with van der Waals surface area (Å²) in [6, 6.07) is 12.0. The standard InChI is InChI=1S/C25H23N5O5/c1-2-35-24(33)21-19(7-9-26-21)27-22(31)15-4-3-14-8-10-30(13-17(14)11-15)23(32)16-5-6-18-20(12-16)29-25(34)28-18/h3-7,9,11-12,26H,2,8,10,13H2,1H3,(H,27,31)(H2,28,29,34). The van der Waals surface area contributed by atoms with Crippen molar-refractivity contribution in [2.45, 2.75) is 19.9 Å². The van der Waals surface area contributed by atoms with Gasteiger partial charge in [0.15, 0.2) is 0 Å². The van der Waals surface area contributed by atoms with Crippen molar-refractivity contribution in [3.8, 4) is 0 Å². The smallest absolute Gasteiger partial charge is 0.356 e. The monoisotopic (exact) mass is 473 g/mol. The summed E-state index contributed by atoms with van der Waals surface area (Å²) in [6.07, 6.45) is 2.22. The molecule has 2 amide bonds. The first kappa shape index (κ1) is 22.2. The maximum atomic E-state index is 13.1. The van der Waals surface area contributed by atoms with Gasteiger partial charge < -0.3 is 29.9 Å². The Morgan fingerprint density at radius 1 is 1.00 bits per heavy atom. The van der Waals surface area contributed by atoms with E-state index in [0.717, 1.165) is 11.1 Å². The lowest BCUT2D eigenvalue weighted by atomic mass is 9.96. The van der Waals surface area contributed by atoms with Crippen molar-refractivity contribution in [3.05, 3.63) is 87.1 Å². The number of carbonyl (C=O) groups is 3. The van der Waals surface area contributed by atoms with Crippen molar-refractivity contribution < 1.29 is 19.1 Å². The van der Waals surface area contributed by atoms with Crippen LogP contribution >= 0.6 is 0 Å². The Labute approximate surface area is 199 Å². The Kier molecular flexibility index (Phi) is 5.69. The second-order valence-electron chi connectivity index (χ2n) is 8.24. The minimum atomic E-state index is -0.547. The number of hydrogen-bond acceptors (Lipinski definition) is 5. The zero-order valence-corrected chi connectivity index (χ0v) is 18.9. The molecule has 0 radical (unpaired) electrons. The Bertz CT molecular complexity index is 1510. The number of benzene rings is 2. The molecule has 0 bridgehead atoms. The number of hydrogen-bond donors (Lipinski definition) is 4. The molecule has 0 saturated heterocycles. The van der Waals surface area contributed by atoms with Crippen molar-refractivity contribution in [2.75, 3.05) is 18.5 Å². The van der Waals surface area contributed by atoms with Gasteiger partial charge in [0.05, 0.1) is 23.3 Å². The number of esters is 1. The van der Waals surface area contributed by atoms with Gasteiger partial charge in [-0.3, -0.25) is 9.59 Å². The summed E-state index contributed by atoms with van der Waals surface area (Å²) in [5.41, 5.74) is 4.25. The zero-order valence-electron chi connectivity index (χ0n) is 18.9. The maximum Gasteiger partial charge on any atom is 0.356 e. The third-order valence-electron chi connectivity index (χ3n) is 6.01. The van der Waals surface area contributed by atoms with E-state index in [-0.39, 0.29) is 29.8 Å². The molecule has 0 unspecified atom stereocenters. The molecule has 35 heavy (non-hydrogen) atoms. The van der Waals surface area contributed by atoms with E-state index < -0.39 is 5.97 Å². The fourth-order valence-electron chi connectivity index (χ4n) is 4.26. The lowest BCUT2D eigenvalue weighted by Crippen LogP contribution is -2.36. The molecule has 3 heterocycles. The molecule has 4 N–H and O–H groups in total. The summed E-state index contributed by atoms with van der Waals surface area (Å²) in [7, 11) is 0. The number of carbonyl (C=O) groups excluding carboxylic acids is 3. The summed E-state index contributed by atoms with van der Waals surface area (Å²) in [6.45, 7) is 2.84. The highest BCUT2D eigenvalue weighted by atomic mass is 16.5. The number of H-pyrrole nitrogens is 3. The summed E-state index contributed by atoms with van der Waals surface area (Å²) < 4.78 is 5.01. The molecule has 2 aromatic heterocycles. The summed E-state index contributed by atoms with van der Waals surface area (Å²) in [4.78, 5) is 59.5. The van der Waals surface area contributed by atoms with Crippen LogP contribution in [0, 0.1) is 0 Å². The number of imidazole rings is 1. The van der Waals surface area contributed by atoms with E-state index in [2.05, 4.69) is 20.3 Å². The Morgan fingerprint density at radius 3 is 2.63 bits per heavy atom. The summed E-state index contributed by atoms with van der Waals surface area (Å²) in [5.74, 6) is -1.07. The van der Waals surface area contributed by atoms with E-state index in [9.17, 15) is 19.2 Å². The fraction of sp³-hybridized carbons (Fsp3) is 0.200. The Hall–Kier alpha value is -4.60. The molecule has 5 rings (SSSR count). The molecule has 0 fully saturated rings. The van der Waals surface area contributed by atoms with Gasteiger partial charge in [0.25, 0.3) is 11.8 Å². The van der Waals surface area contributed by atoms with Crippen LogP contribution in [0.15, 0.2) is 53.5 Å². The van der Waals surface area contributed by atoms with Crippen LogP contribution in [0.2, 0.25) is 0 Å². The van der Waals surface area contributed by atoms with Gasteiger partial charge in [-0.1, -0.05) is 6.07 Å². The fourth-order valence-corrected chi connectivity index (χ4v) is 4.26. The van der Waals surface area contributed by atoms with E-state index in [0.29, 0.717) is 47.4 Å². The van der Waals surface area contributed by atoms with Crippen LogP contribution in [0.3, 0.4) is 0 Å². The molecule has 10 nitrogen and oxygen atoms in total. The molecule has 1 aliphatic heterocycles. The Balaban J connectivity index is 1.33. The first-order valence-corrected chi connectivity index (χ1v) is 11.2. The van der Waals surface area contributed by atoms with Crippen molar-refractivity contribution in [3.63, 3.8) is 0 Å². The van der Waals surface area contributed by atoms with Crippen molar-refractivity contribution in [1.29, 1.82) is 0 Å². The van der Waals surface area contributed by atoms with Gasteiger partial charge in [-0.05, 0) is 60.9 Å². The van der Waals surface area contributed by atoms with E-state index in [1.165, 1.54) is 0 Å². The number of anilines is 1. The van der Waals surface area contributed by atoms with Gasteiger partial charge >= 0.3 is 11.7 Å². The summed E-state index contributed by atoms with van der Waals surface area (Å²) in [5, 5.41) is 2.75. The molecule has 0 saturated carbocycles. The zero-order chi connectivity index (χ0) is 24.5. The van der Waals surface area contributed by atoms with E-state index in [1.807, 2.05) is 6.07 Å². The van der Waals surface area contributed by atoms with E-state index in [4.69, 9.17) is 4.74 Å². The molecular formula is C25H23N5O5. The van der Waals surface area contributed by atoms with Gasteiger partial charge in [0.1, 0.15) is 5.69 Å². The number of amides is 2. The molecule has 0 spiro atoms. The van der Waals surface area contributed by atoms with Crippen LogP contribution in [-0.2, 0) is 17.7 Å². The van der Waals surface area contributed by atoms with Gasteiger partial charge in [-0.15, -0.1) is 0 Å². The number of nitrogens with zero attached hydrogens (tertiary/aromatic N) is 1. The molecule has 2 aromatic carbocycles. The molecule has 10 heteroatoms. The van der Waals surface area contributed by atoms with Crippen LogP contribution < -0.4 is 11.0 Å². The van der Waals surface area contributed by atoms with Crippen LogP contribution in [-0.4, -0.2) is 50.8 Å². The average molecular weight is 473 g/mol. The highest BCUT2D eigenvalue weighted by Gasteiger charge is 2.24. The van der Waals surface area contributed by atoms with E-state index in [1.54, 1.807) is 54.4 Å². The second kappa shape index (κ2) is 8.98. The number of aromatic nitrogens is 3. The van der Waals surface area contributed by atoms with Crippen LogP contribution in [0.5, 0.6) is 0 Å². The molecule has 178 valence electrons. The third-order valence-corrected chi connectivity index (χ3v) is 6.01. The second-order valence-corrected chi connectivity index (χ2v) is 8.24. The van der Waals surface area contributed by atoms with Crippen LogP contribution in [0.4, 0.5) is 5.69 Å². The maximum absolute atomic E-state index is 13.1. The number of nitrogens with one attached hydrogen (secondary N) is 4. The molecular weight excluding hydrogens is 450 g/mol. The first-order valence-electron chi connectivity index (χ1n) is 11.2. The normalized spacial score (nSPS) is 12.9. The van der Waals surface area contributed by atoms with Gasteiger partial charge in [-0.2, -0.15) is 0 Å². The third kappa shape index (κ3) is 4.33.